The highest BCUT2D eigenvalue weighted by atomic mass is 35.5. The molecule has 1 aromatic rings. The van der Waals surface area contributed by atoms with Gasteiger partial charge in [0.2, 0.25) is 0 Å². The maximum atomic E-state index is 6.48. The van der Waals surface area contributed by atoms with E-state index in [-0.39, 0.29) is 5.38 Å². The van der Waals surface area contributed by atoms with Crippen LogP contribution in [0.15, 0.2) is 24.3 Å². The molecule has 2 unspecified atom stereocenters. The molecule has 1 aliphatic carbocycles. The van der Waals surface area contributed by atoms with Gasteiger partial charge in [0, 0.05) is 0 Å². The molecule has 82 valence electrons. The van der Waals surface area contributed by atoms with E-state index in [1.54, 1.807) is 0 Å². The van der Waals surface area contributed by atoms with Crippen molar-refractivity contribution in [2.24, 2.45) is 5.92 Å². The molecule has 0 saturated carbocycles. The minimum absolute atomic E-state index is 0.249. The summed E-state index contributed by atoms with van der Waals surface area (Å²) < 4.78 is 0. The Kier molecular flexibility index (Phi) is 3.99. The van der Waals surface area contributed by atoms with Gasteiger partial charge in [0.25, 0.3) is 0 Å². The zero-order chi connectivity index (χ0) is 10.7. The molecule has 1 aromatic carbocycles. The van der Waals surface area contributed by atoms with Crippen LogP contribution in [-0.2, 0) is 6.42 Å². The predicted octanol–water partition coefficient (Wildman–Crippen LogP) is 4.28. The Morgan fingerprint density at radius 2 is 2.20 bits per heavy atom. The summed E-state index contributed by atoms with van der Waals surface area (Å²) in [7, 11) is 0. The summed E-state index contributed by atoms with van der Waals surface area (Å²) >= 11 is 8.50. The van der Waals surface area contributed by atoms with Crippen LogP contribution in [0.25, 0.3) is 0 Å². The first-order valence-corrected chi connectivity index (χ1v) is 7.21. The average Bonchev–Trinajstić information content (AvgIpc) is 2.57. The standard InChI is InChI=1S/C13H17ClS/c1-2-15-8-7-11-9-10-5-3-4-6-12(10)13(11)14/h3-6,11,13H,2,7-9H2,1H3. The molecule has 2 heteroatoms. The summed E-state index contributed by atoms with van der Waals surface area (Å²) in [6, 6.07) is 8.61. The van der Waals surface area contributed by atoms with Gasteiger partial charge in [0.15, 0.2) is 0 Å². The quantitative estimate of drug-likeness (QED) is 0.559. The molecule has 2 rings (SSSR count). The first-order valence-electron chi connectivity index (χ1n) is 5.62. The summed E-state index contributed by atoms with van der Waals surface area (Å²) in [6.45, 7) is 2.21. The number of rotatable bonds is 4. The van der Waals surface area contributed by atoms with Crippen molar-refractivity contribution in [2.45, 2.75) is 25.1 Å². The molecule has 0 heterocycles. The lowest BCUT2D eigenvalue weighted by Crippen LogP contribution is -2.04. The molecule has 0 aliphatic heterocycles. The van der Waals surface area contributed by atoms with Gasteiger partial charge in [-0.05, 0) is 41.4 Å². The lowest BCUT2D eigenvalue weighted by atomic mass is 10.0. The molecule has 0 amide bonds. The van der Waals surface area contributed by atoms with E-state index in [2.05, 4.69) is 31.2 Å². The molecule has 0 saturated heterocycles. The summed E-state index contributed by atoms with van der Waals surface area (Å²) in [4.78, 5) is 0. The Labute approximate surface area is 101 Å². The molecule has 0 fully saturated rings. The van der Waals surface area contributed by atoms with Crippen molar-refractivity contribution in [1.82, 2.24) is 0 Å². The molecular weight excluding hydrogens is 224 g/mol. The smallest absolute Gasteiger partial charge is 0.0619 e. The summed E-state index contributed by atoms with van der Waals surface area (Å²) in [5.41, 5.74) is 2.83. The fourth-order valence-electron chi connectivity index (χ4n) is 2.26. The van der Waals surface area contributed by atoms with E-state index in [0.717, 1.165) is 0 Å². The molecule has 0 N–H and O–H groups in total. The third-order valence-corrected chi connectivity index (χ3v) is 4.61. The Hall–Kier alpha value is -0.140. The van der Waals surface area contributed by atoms with Crippen molar-refractivity contribution in [3.8, 4) is 0 Å². The second-order valence-electron chi connectivity index (χ2n) is 4.05. The lowest BCUT2D eigenvalue weighted by Gasteiger charge is -2.13. The summed E-state index contributed by atoms with van der Waals surface area (Å²) in [5, 5.41) is 0.249. The van der Waals surface area contributed by atoms with Crippen molar-refractivity contribution in [1.29, 1.82) is 0 Å². The number of hydrogen-bond donors (Lipinski definition) is 0. The molecule has 0 bridgehead atoms. The van der Waals surface area contributed by atoms with Crippen LogP contribution in [0.4, 0.5) is 0 Å². The third-order valence-electron chi connectivity index (χ3n) is 3.09. The Balaban J connectivity index is 1.97. The van der Waals surface area contributed by atoms with Crippen LogP contribution in [0.1, 0.15) is 29.8 Å². The van der Waals surface area contributed by atoms with Gasteiger partial charge < -0.3 is 0 Å². The van der Waals surface area contributed by atoms with Crippen LogP contribution >= 0.6 is 23.4 Å². The number of benzene rings is 1. The van der Waals surface area contributed by atoms with E-state index in [9.17, 15) is 0 Å². The second kappa shape index (κ2) is 5.27. The minimum Gasteiger partial charge on any atom is -0.162 e. The Morgan fingerprint density at radius 3 is 2.93 bits per heavy atom. The number of halogens is 1. The lowest BCUT2D eigenvalue weighted by molar-refractivity contribution is 0.532. The van der Waals surface area contributed by atoms with Crippen LogP contribution in [0.5, 0.6) is 0 Å². The third kappa shape index (κ3) is 2.51. The van der Waals surface area contributed by atoms with Gasteiger partial charge in [-0.2, -0.15) is 11.8 Å². The van der Waals surface area contributed by atoms with E-state index < -0.39 is 0 Å². The number of alkyl halides is 1. The van der Waals surface area contributed by atoms with Crippen molar-refractivity contribution >= 4 is 23.4 Å². The number of hydrogen-bond acceptors (Lipinski definition) is 1. The first-order chi connectivity index (χ1) is 7.33. The monoisotopic (exact) mass is 240 g/mol. The van der Waals surface area contributed by atoms with Gasteiger partial charge in [-0.15, -0.1) is 11.6 Å². The van der Waals surface area contributed by atoms with Crippen molar-refractivity contribution < 1.29 is 0 Å². The van der Waals surface area contributed by atoms with Gasteiger partial charge in [-0.25, -0.2) is 0 Å². The van der Waals surface area contributed by atoms with Crippen LogP contribution in [-0.4, -0.2) is 11.5 Å². The van der Waals surface area contributed by atoms with Crippen LogP contribution in [0, 0.1) is 5.92 Å². The second-order valence-corrected chi connectivity index (χ2v) is 5.91. The van der Waals surface area contributed by atoms with E-state index >= 15 is 0 Å². The minimum atomic E-state index is 0.249. The normalized spacial score (nSPS) is 24.1. The average molecular weight is 241 g/mol. The highest BCUT2D eigenvalue weighted by Gasteiger charge is 2.29. The highest BCUT2D eigenvalue weighted by Crippen LogP contribution is 2.42. The molecular formula is C13H17ClS. The highest BCUT2D eigenvalue weighted by molar-refractivity contribution is 7.99. The van der Waals surface area contributed by atoms with Crippen molar-refractivity contribution in [3.63, 3.8) is 0 Å². The van der Waals surface area contributed by atoms with Crippen LogP contribution < -0.4 is 0 Å². The summed E-state index contributed by atoms with van der Waals surface area (Å²) in [5.74, 6) is 3.12. The zero-order valence-corrected chi connectivity index (χ0v) is 10.7. The maximum Gasteiger partial charge on any atom is 0.0619 e. The van der Waals surface area contributed by atoms with E-state index in [4.69, 9.17) is 11.6 Å². The van der Waals surface area contributed by atoms with Crippen molar-refractivity contribution in [2.75, 3.05) is 11.5 Å². The fourth-order valence-corrected chi connectivity index (χ4v) is 3.44. The Bertz CT molecular complexity index is 324. The van der Waals surface area contributed by atoms with Gasteiger partial charge in [0.05, 0.1) is 5.38 Å². The fraction of sp³-hybridized carbons (Fsp3) is 0.538. The molecule has 0 radical (unpaired) electrons. The SMILES string of the molecule is CCSCCC1Cc2ccccc2C1Cl. The maximum absolute atomic E-state index is 6.48. The molecule has 0 spiro atoms. The molecule has 0 aromatic heterocycles. The van der Waals surface area contributed by atoms with Crippen molar-refractivity contribution in [3.05, 3.63) is 35.4 Å². The number of fused-ring (bicyclic) bond motifs is 1. The van der Waals surface area contributed by atoms with Gasteiger partial charge >= 0.3 is 0 Å². The van der Waals surface area contributed by atoms with E-state index in [1.807, 2.05) is 11.8 Å². The van der Waals surface area contributed by atoms with E-state index in [1.165, 1.54) is 35.5 Å². The topological polar surface area (TPSA) is 0 Å². The van der Waals surface area contributed by atoms with E-state index in [0.29, 0.717) is 5.92 Å². The molecule has 15 heavy (non-hydrogen) atoms. The largest absolute Gasteiger partial charge is 0.162 e. The van der Waals surface area contributed by atoms with Gasteiger partial charge in [0.1, 0.15) is 0 Å². The zero-order valence-electron chi connectivity index (χ0n) is 9.08. The van der Waals surface area contributed by atoms with Crippen LogP contribution in [0.3, 0.4) is 0 Å². The Morgan fingerprint density at radius 1 is 1.40 bits per heavy atom. The summed E-state index contributed by atoms with van der Waals surface area (Å²) in [6.07, 6.45) is 2.43. The predicted molar refractivity (Wildman–Crippen MR) is 69.8 cm³/mol. The molecule has 0 nitrogen and oxygen atoms in total. The van der Waals surface area contributed by atoms with Gasteiger partial charge in [-0.3, -0.25) is 0 Å². The molecule has 2 atom stereocenters. The first kappa shape index (κ1) is 11.3. The van der Waals surface area contributed by atoms with Crippen LogP contribution in [0.2, 0.25) is 0 Å². The molecule has 1 aliphatic rings. The van der Waals surface area contributed by atoms with Gasteiger partial charge in [-0.1, -0.05) is 31.2 Å². The number of thioether (sulfide) groups is 1.